The highest BCUT2D eigenvalue weighted by Gasteiger charge is 2.20. The molecule has 0 spiro atoms. The number of aryl methyl sites for hydroxylation is 1. The lowest BCUT2D eigenvalue weighted by atomic mass is 9.89. The van der Waals surface area contributed by atoms with Crippen molar-refractivity contribution < 1.29 is 9.32 Å². The van der Waals surface area contributed by atoms with Crippen LogP contribution in [0.15, 0.2) is 10.6 Å². The zero-order chi connectivity index (χ0) is 12.3. The number of nitrogens with zero attached hydrogens (tertiary/aromatic N) is 1. The normalized spacial score (nSPS) is 24.6. The summed E-state index contributed by atoms with van der Waals surface area (Å²) < 4.78 is 4.86. The van der Waals surface area contributed by atoms with Crippen LogP contribution in [0.5, 0.6) is 0 Å². The Morgan fingerprint density at radius 1 is 1.53 bits per heavy atom. The van der Waals surface area contributed by atoms with E-state index in [9.17, 15) is 4.79 Å². The van der Waals surface area contributed by atoms with Gasteiger partial charge < -0.3 is 9.84 Å². The maximum Gasteiger partial charge on any atom is 0.273 e. The second-order valence-electron chi connectivity index (χ2n) is 4.65. The van der Waals surface area contributed by atoms with Crippen molar-refractivity contribution in [2.75, 3.05) is 6.54 Å². The van der Waals surface area contributed by atoms with E-state index in [4.69, 9.17) is 16.1 Å². The van der Waals surface area contributed by atoms with Gasteiger partial charge in [-0.3, -0.25) is 4.79 Å². The molecular weight excluding hydrogens is 240 g/mol. The van der Waals surface area contributed by atoms with Crippen LogP contribution in [-0.4, -0.2) is 23.0 Å². The Labute approximate surface area is 106 Å². The summed E-state index contributed by atoms with van der Waals surface area (Å²) in [5, 5.41) is 6.90. The van der Waals surface area contributed by atoms with E-state index in [1.165, 1.54) is 0 Å². The molecule has 0 saturated heterocycles. The van der Waals surface area contributed by atoms with Crippen molar-refractivity contribution in [1.82, 2.24) is 10.5 Å². The lowest BCUT2D eigenvalue weighted by Crippen LogP contribution is -2.31. The Hall–Kier alpha value is -1.03. The molecule has 0 aliphatic heterocycles. The van der Waals surface area contributed by atoms with Crippen LogP contribution >= 0.6 is 11.6 Å². The van der Waals surface area contributed by atoms with Gasteiger partial charge in [-0.1, -0.05) is 5.16 Å². The fourth-order valence-electron chi connectivity index (χ4n) is 2.13. The van der Waals surface area contributed by atoms with Crippen LogP contribution in [0.3, 0.4) is 0 Å². The van der Waals surface area contributed by atoms with E-state index >= 15 is 0 Å². The average molecular weight is 257 g/mol. The van der Waals surface area contributed by atoms with E-state index in [1.54, 1.807) is 13.0 Å². The maximum absolute atomic E-state index is 11.7. The topological polar surface area (TPSA) is 55.1 Å². The first kappa shape index (κ1) is 12.4. The lowest BCUT2D eigenvalue weighted by molar-refractivity contribution is 0.0934. The number of nitrogens with one attached hydrogen (secondary N) is 1. The molecule has 0 unspecified atom stereocenters. The molecule has 1 heterocycles. The van der Waals surface area contributed by atoms with Crippen LogP contribution < -0.4 is 5.32 Å². The molecular formula is C12H17ClN2O2. The number of rotatable bonds is 3. The van der Waals surface area contributed by atoms with Gasteiger partial charge in [-0.15, -0.1) is 11.6 Å². The van der Waals surface area contributed by atoms with Gasteiger partial charge in [0.2, 0.25) is 0 Å². The summed E-state index contributed by atoms with van der Waals surface area (Å²) in [6.07, 6.45) is 4.27. The van der Waals surface area contributed by atoms with Gasteiger partial charge in [0.15, 0.2) is 5.69 Å². The highest BCUT2D eigenvalue weighted by Crippen LogP contribution is 2.26. The molecule has 1 N–H and O–H groups in total. The van der Waals surface area contributed by atoms with Crippen molar-refractivity contribution in [3.63, 3.8) is 0 Å². The first-order valence-corrected chi connectivity index (χ1v) is 6.44. The predicted octanol–water partition coefficient (Wildman–Crippen LogP) is 2.51. The van der Waals surface area contributed by atoms with Crippen LogP contribution in [0.25, 0.3) is 0 Å². The van der Waals surface area contributed by atoms with Crippen LogP contribution in [-0.2, 0) is 0 Å². The van der Waals surface area contributed by atoms with Gasteiger partial charge in [-0.2, -0.15) is 0 Å². The van der Waals surface area contributed by atoms with Gasteiger partial charge in [0.25, 0.3) is 5.91 Å². The summed E-state index contributed by atoms with van der Waals surface area (Å²) in [4.78, 5) is 11.7. The number of hydrogen-bond acceptors (Lipinski definition) is 3. The highest BCUT2D eigenvalue weighted by atomic mass is 35.5. The zero-order valence-electron chi connectivity index (χ0n) is 9.91. The molecule has 0 radical (unpaired) electrons. The summed E-state index contributed by atoms with van der Waals surface area (Å²) in [6, 6.07) is 1.64. The molecule has 2 rings (SSSR count). The van der Waals surface area contributed by atoms with Crippen LogP contribution in [0.4, 0.5) is 0 Å². The van der Waals surface area contributed by atoms with E-state index in [-0.39, 0.29) is 5.91 Å². The van der Waals surface area contributed by atoms with Crippen LogP contribution in [0.1, 0.15) is 41.9 Å². The van der Waals surface area contributed by atoms with Gasteiger partial charge in [0, 0.05) is 18.0 Å². The molecule has 1 aromatic heterocycles. The van der Waals surface area contributed by atoms with Crippen molar-refractivity contribution in [1.29, 1.82) is 0 Å². The third-order valence-corrected chi connectivity index (χ3v) is 3.62. The number of carbonyl (C=O) groups excluding carboxylic acids is 1. The predicted molar refractivity (Wildman–Crippen MR) is 65.2 cm³/mol. The molecule has 1 amide bonds. The van der Waals surface area contributed by atoms with Crippen LogP contribution in [0, 0.1) is 12.8 Å². The second-order valence-corrected chi connectivity index (χ2v) is 5.27. The average Bonchev–Trinajstić information content (AvgIpc) is 2.75. The van der Waals surface area contributed by atoms with Crippen molar-refractivity contribution in [3.8, 4) is 0 Å². The van der Waals surface area contributed by atoms with Gasteiger partial charge in [-0.05, 0) is 38.5 Å². The van der Waals surface area contributed by atoms with E-state index in [2.05, 4.69) is 10.5 Å². The SMILES string of the molecule is Cc1cc(C(=O)NCC2CCC(Cl)CC2)no1. The summed E-state index contributed by atoms with van der Waals surface area (Å²) in [6.45, 7) is 2.47. The number of alkyl halides is 1. The fourth-order valence-corrected chi connectivity index (χ4v) is 2.38. The first-order valence-electron chi connectivity index (χ1n) is 6.00. The monoisotopic (exact) mass is 256 g/mol. The zero-order valence-corrected chi connectivity index (χ0v) is 10.7. The standard InChI is InChI=1S/C12H17ClN2O2/c1-8-6-11(15-17-8)12(16)14-7-9-2-4-10(13)5-3-9/h6,9-10H,2-5,7H2,1H3,(H,14,16). The number of halogens is 1. The Bertz CT molecular complexity index is 384. The number of hydrogen-bond donors (Lipinski definition) is 1. The third kappa shape index (κ3) is 3.46. The minimum atomic E-state index is -0.158. The Kier molecular flexibility index (Phi) is 4.05. The molecule has 4 nitrogen and oxygen atoms in total. The number of carbonyl (C=O) groups is 1. The molecule has 17 heavy (non-hydrogen) atoms. The van der Waals surface area contributed by atoms with E-state index < -0.39 is 0 Å². The minimum absolute atomic E-state index is 0.158. The smallest absolute Gasteiger partial charge is 0.273 e. The molecule has 0 atom stereocenters. The van der Waals surface area contributed by atoms with E-state index in [1.807, 2.05) is 0 Å². The summed E-state index contributed by atoms with van der Waals surface area (Å²) >= 11 is 6.03. The molecule has 1 saturated carbocycles. The van der Waals surface area contributed by atoms with Crippen molar-refractivity contribution in [3.05, 3.63) is 17.5 Å². The van der Waals surface area contributed by atoms with Gasteiger partial charge in [-0.25, -0.2) is 0 Å². The van der Waals surface area contributed by atoms with Crippen molar-refractivity contribution >= 4 is 17.5 Å². The molecule has 1 aliphatic rings. The Morgan fingerprint density at radius 3 is 2.82 bits per heavy atom. The molecule has 1 aliphatic carbocycles. The van der Waals surface area contributed by atoms with Gasteiger partial charge in [0.1, 0.15) is 5.76 Å². The number of aromatic nitrogens is 1. The summed E-state index contributed by atoms with van der Waals surface area (Å²) in [7, 11) is 0. The summed E-state index contributed by atoms with van der Waals surface area (Å²) in [5.41, 5.74) is 0.355. The Balaban J connectivity index is 1.76. The highest BCUT2D eigenvalue weighted by molar-refractivity contribution is 6.20. The molecule has 1 fully saturated rings. The minimum Gasteiger partial charge on any atom is -0.361 e. The second kappa shape index (κ2) is 5.54. The maximum atomic E-state index is 11.7. The van der Waals surface area contributed by atoms with E-state index in [0.717, 1.165) is 25.7 Å². The first-order chi connectivity index (χ1) is 8.15. The third-order valence-electron chi connectivity index (χ3n) is 3.19. The molecule has 0 bridgehead atoms. The van der Waals surface area contributed by atoms with E-state index in [0.29, 0.717) is 29.3 Å². The molecule has 94 valence electrons. The summed E-state index contributed by atoms with van der Waals surface area (Å²) in [5.74, 6) is 1.04. The van der Waals surface area contributed by atoms with Crippen molar-refractivity contribution in [2.24, 2.45) is 5.92 Å². The Morgan fingerprint density at radius 2 is 2.24 bits per heavy atom. The molecule has 5 heteroatoms. The van der Waals surface area contributed by atoms with Gasteiger partial charge >= 0.3 is 0 Å². The number of amides is 1. The van der Waals surface area contributed by atoms with Crippen LogP contribution in [0.2, 0.25) is 0 Å². The quantitative estimate of drug-likeness (QED) is 0.846. The molecule has 1 aromatic rings. The fraction of sp³-hybridized carbons (Fsp3) is 0.667. The largest absolute Gasteiger partial charge is 0.361 e. The molecule has 0 aromatic carbocycles. The van der Waals surface area contributed by atoms with Gasteiger partial charge in [0.05, 0.1) is 0 Å². The van der Waals surface area contributed by atoms with Crippen molar-refractivity contribution in [2.45, 2.75) is 38.0 Å². The lowest BCUT2D eigenvalue weighted by Gasteiger charge is -2.24.